The third-order valence-electron chi connectivity index (χ3n) is 1.76. The van der Waals surface area contributed by atoms with Crippen molar-refractivity contribution in [1.29, 1.82) is 0 Å². The Morgan fingerprint density at radius 3 is 2.62 bits per heavy atom. The maximum Gasteiger partial charge on any atom is 0.298 e. The maximum atomic E-state index is 11.3. The average Bonchev–Trinajstić information content (AvgIpc) is 2.16. The maximum absolute atomic E-state index is 11.3. The molecule has 8 heteroatoms. The summed E-state index contributed by atoms with van der Waals surface area (Å²) < 4.78 is 27.8. The zero-order valence-corrected chi connectivity index (χ0v) is 11.5. The van der Waals surface area contributed by atoms with Gasteiger partial charge in [-0.15, -0.1) is 0 Å². The molecule has 1 aromatic rings. The van der Waals surface area contributed by atoms with Gasteiger partial charge in [0.1, 0.15) is 4.99 Å². The van der Waals surface area contributed by atoms with Gasteiger partial charge in [-0.25, -0.2) is 4.72 Å². The van der Waals surface area contributed by atoms with Crippen molar-refractivity contribution < 1.29 is 8.42 Å². The molecule has 0 aliphatic rings. The molecule has 0 aromatic heterocycles. The van der Waals surface area contributed by atoms with Gasteiger partial charge in [0.05, 0.1) is 5.69 Å². The minimum absolute atomic E-state index is 0.126. The van der Waals surface area contributed by atoms with Crippen molar-refractivity contribution in [3.05, 3.63) is 28.2 Å². The van der Waals surface area contributed by atoms with E-state index in [4.69, 9.17) is 18.0 Å². The fourth-order valence-electron chi connectivity index (χ4n) is 1.01. The molecule has 0 aliphatic carbocycles. The molecule has 16 heavy (non-hydrogen) atoms. The standard InChI is InChI=1S/C8H10BrN3O2S2/c1-11-16(13,14)12-7-4-5(9)2-3-6(7)8(10)15/h2-4,11-12H,1H3,(H2,10,15). The van der Waals surface area contributed by atoms with Gasteiger partial charge in [0, 0.05) is 17.1 Å². The third-order valence-corrected chi connectivity index (χ3v) is 3.50. The molecule has 0 saturated carbocycles. The smallest absolute Gasteiger partial charge is 0.298 e. The van der Waals surface area contributed by atoms with E-state index >= 15 is 0 Å². The summed E-state index contributed by atoms with van der Waals surface area (Å²) in [5, 5.41) is 0. The molecule has 0 atom stereocenters. The van der Waals surface area contributed by atoms with E-state index in [-0.39, 0.29) is 4.99 Å². The fraction of sp³-hybridized carbons (Fsp3) is 0.125. The largest absolute Gasteiger partial charge is 0.389 e. The summed E-state index contributed by atoms with van der Waals surface area (Å²) in [4.78, 5) is 0.126. The first-order valence-corrected chi connectivity index (χ1v) is 6.85. The normalized spacial score (nSPS) is 11.1. The van der Waals surface area contributed by atoms with Gasteiger partial charge in [-0.1, -0.05) is 28.1 Å². The Balaban J connectivity index is 3.21. The molecule has 88 valence electrons. The van der Waals surface area contributed by atoms with Crippen LogP contribution in [0.5, 0.6) is 0 Å². The minimum atomic E-state index is -3.58. The molecule has 5 nitrogen and oxygen atoms in total. The highest BCUT2D eigenvalue weighted by molar-refractivity contribution is 9.10. The van der Waals surface area contributed by atoms with Crippen LogP contribution in [0.25, 0.3) is 0 Å². The van der Waals surface area contributed by atoms with Gasteiger partial charge in [-0.2, -0.15) is 8.42 Å². The molecule has 0 heterocycles. The van der Waals surface area contributed by atoms with Crippen LogP contribution in [-0.2, 0) is 10.2 Å². The van der Waals surface area contributed by atoms with E-state index in [2.05, 4.69) is 25.4 Å². The summed E-state index contributed by atoms with van der Waals surface area (Å²) >= 11 is 8.06. The van der Waals surface area contributed by atoms with Crippen LogP contribution in [0.4, 0.5) is 5.69 Å². The van der Waals surface area contributed by atoms with Crippen LogP contribution in [0.3, 0.4) is 0 Å². The predicted octanol–water partition coefficient (Wildman–Crippen LogP) is 0.959. The van der Waals surface area contributed by atoms with Crippen molar-refractivity contribution in [1.82, 2.24) is 4.72 Å². The molecule has 0 aliphatic heterocycles. The molecule has 0 saturated heterocycles. The van der Waals surface area contributed by atoms with Gasteiger partial charge in [0.15, 0.2) is 0 Å². The topological polar surface area (TPSA) is 84.2 Å². The van der Waals surface area contributed by atoms with Gasteiger partial charge in [0.2, 0.25) is 0 Å². The highest BCUT2D eigenvalue weighted by Gasteiger charge is 2.12. The second-order valence-electron chi connectivity index (χ2n) is 2.86. The molecule has 0 unspecified atom stereocenters. The molecular formula is C8H10BrN3O2S2. The zero-order chi connectivity index (χ0) is 12.3. The fourth-order valence-corrected chi connectivity index (χ4v) is 2.11. The lowest BCUT2D eigenvalue weighted by molar-refractivity contribution is 0.593. The van der Waals surface area contributed by atoms with Crippen molar-refractivity contribution in [3.8, 4) is 0 Å². The summed E-state index contributed by atoms with van der Waals surface area (Å²) in [6, 6.07) is 4.95. The molecule has 0 amide bonds. The van der Waals surface area contributed by atoms with Gasteiger partial charge < -0.3 is 5.73 Å². The van der Waals surface area contributed by atoms with Gasteiger partial charge in [-0.05, 0) is 18.2 Å². The second-order valence-corrected chi connectivity index (χ2v) is 5.84. The lowest BCUT2D eigenvalue weighted by atomic mass is 10.2. The quantitative estimate of drug-likeness (QED) is 0.720. The van der Waals surface area contributed by atoms with Gasteiger partial charge >= 0.3 is 0 Å². The number of nitrogens with one attached hydrogen (secondary N) is 2. The molecule has 0 radical (unpaired) electrons. The molecule has 1 aromatic carbocycles. The number of hydrogen-bond donors (Lipinski definition) is 3. The monoisotopic (exact) mass is 323 g/mol. The molecule has 4 N–H and O–H groups in total. The second kappa shape index (κ2) is 5.09. The SMILES string of the molecule is CNS(=O)(=O)Nc1cc(Br)ccc1C(N)=S. The van der Waals surface area contributed by atoms with E-state index in [1.54, 1.807) is 18.2 Å². The Morgan fingerprint density at radius 2 is 2.12 bits per heavy atom. The Kier molecular flexibility index (Phi) is 4.25. The summed E-state index contributed by atoms with van der Waals surface area (Å²) in [6.07, 6.45) is 0. The Hall–Kier alpha value is -0.700. The summed E-state index contributed by atoms with van der Waals surface area (Å²) in [5.41, 5.74) is 6.29. The number of thiocarbonyl (C=S) groups is 1. The van der Waals surface area contributed by atoms with E-state index in [1.165, 1.54) is 7.05 Å². The van der Waals surface area contributed by atoms with Crippen molar-refractivity contribution in [2.75, 3.05) is 11.8 Å². The van der Waals surface area contributed by atoms with Crippen molar-refractivity contribution >= 4 is 49.0 Å². The van der Waals surface area contributed by atoms with Crippen molar-refractivity contribution in [2.24, 2.45) is 5.73 Å². The third kappa shape index (κ3) is 3.41. The molecule has 0 bridgehead atoms. The van der Waals surface area contributed by atoms with E-state index in [9.17, 15) is 8.42 Å². The molecule has 1 rings (SSSR count). The van der Waals surface area contributed by atoms with Crippen LogP contribution in [-0.4, -0.2) is 20.5 Å². The number of benzene rings is 1. The number of anilines is 1. The van der Waals surface area contributed by atoms with Crippen LogP contribution in [0, 0.1) is 0 Å². The van der Waals surface area contributed by atoms with Crippen LogP contribution >= 0.6 is 28.1 Å². The summed E-state index contributed by atoms with van der Waals surface area (Å²) in [5.74, 6) is 0. The molecule has 0 fully saturated rings. The number of rotatable bonds is 4. The first kappa shape index (κ1) is 13.4. The lowest BCUT2D eigenvalue weighted by Gasteiger charge is -2.11. The van der Waals surface area contributed by atoms with Gasteiger partial charge in [-0.3, -0.25) is 4.72 Å². The van der Waals surface area contributed by atoms with Crippen LogP contribution in [0.15, 0.2) is 22.7 Å². The zero-order valence-electron chi connectivity index (χ0n) is 8.32. The average molecular weight is 324 g/mol. The minimum Gasteiger partial charge on any atom is -0.389 e. The summed E-state index contributed by atoms with van der Waals surface area (Å²) in [7, 11) is -2.28. The number of halogens is 1. The first-order chi connectivity index (χ1) is 7.35. The predicted molar refractivity (Wildman–Crippen MR) is 71.6 cm³/mol. The van der Waals surface area contributed by atoms with Crippen molar-refractivity contribution in [3.63, 3.8) is 0 Å². The van der Waals surface area contributed by atoms with Gasteiger partial charge in [0.25, 0.3) is 10.2 Å². The van der Waals surface area contributed by atoms with Crippen LogP contribution < -0.4 is 15.2 Å². The van der Waals surface area contributed by atoms with Crippen molar-refractivity contribution in [2.45, 2.75) is 0 Å². The highest BCUT2D eigenvalue weighted by Crippen LogP contribution is 2.22. The molecular weight excluding hydrogens is 314 g/mol. The van der Waals surface area contributed by atoms with E-state index < -0.39 is 10.2 Å². The lowest BCUT2D eigenvalue weighted by Crippen LogP contribution is -2.27. The van der Waals surface area contributed by atoms with E-state index in [0.29, 0.717) is 11.3 Å². The molecule has 0 spiro atoms. The van der Waals surface area contributed by atoms with Crippen LogP contribution in [0.2, 0.25) is 0 Å². The highest BCUT2D eigenvalue weighted by atomic mass is 79.9. The Labute approximate surface area is 108 Å². The summed E-state index contributed by atoms with van der Waals surface area (Å²) in [6.45, 7) is 0. The Bertz CT molecular complexity index is 516. The number of nitrogens with two attached hydrogens (primary N) is 1. The van der Waals surface area contributed by atoms with E-state index in [1.807, 2.05) is 0 Å². The first-order valence-electron chi connectivity index (χ1n) is 4.16. The number of hydrogen-bond acceptors (Lipinski definition) is 3. The van der Waals surface area contributed by atoms with Crippen LogP contribution in [0.1, 0.15) is 5.56 Å². The Morgan fingerprint density at radius 1 is 1.50 bits per heavy atom. The van der Waals surface area contributed by atoms with E-state index in [0.717, 1.165) is 4.47 Å².